The third-order valence-corrected chi connectivity index (χ3v) is 5.24. The first-order valence-electron chi connectivity index (χ1n) is 7.64. The lowest BCUT2D eigenvalue weighted by molar-refractivity contribution is 0.127. The number of aryl methyl sites for hydroxylation is 1. The van der Waals surface area contributed by atoms with E-state index in [9.17, 15) is 0 Å². The highest BCUT2D eigenvalue weighted by atomic mass is 32.2. The number of thioether (sulfide) groups is 1. The molecule has 112 valence electrons. The zero-order valence-corrected chi connectivity index (χ0v) is 13.9. The molecule has 2 unspecified atom stereocenters. The summed E-state index contributed by atoms with van der Waals surface area (Å²) in [5.41, 5.74) is 2.76. The molecule has 2 nitrogen and oxygen atoms in total. The zero-order chi connectivity index (χ0) is 14.5. The molecular formula is C17H27NOS. The van der Waals surface area contributed by atoms with Crippen molar-refractivity contribution < 1.29 is 4.74 Å². The molecule has 1 fully saturated rings. The van der Waals surface area contributed by atoms with E-state index in [1.165, 1.54) is 22.4 Å². The molecule has 2 rings (SSSR count). The molecule has 0 spiro atoms. The van der Waals surface area contributed by atoms with Crippen molar-refractivity contribution in [3.63, 3.8) is 0 Å². The Morgan fingerprint density at radius 1 is 1.40 bits per heavy atom. The van der Waals surface area contributed by atoms with Gasteiger partial charge in [-0.2, -0.15) is 0 Å². The number of hydrogen-bond acceptors (Lipinski definition) is 3. The van der Waals surface area contributed by atoms with Crippen molar-refractivity contribution in [2.75, 3.05) is 13.2 Å². The molecular weight excluding hydrogens is 266 g/mol. The van der Waals surface area contributed by atoms with Crippen LogP contribution in [0.5, 0.6) is 0 Å². The molecule has 2 atom stereocenters. The second-order valence-electron chi connectivity index (χ2n) is 6.16. The number of rotatable bonds is 6. The molecule has 1 N–H and O–H groups in total. The van der Waals surface area contributed by atoms with Crippen molar-refractivity contribution in [2.24, 2.45) is 5.92 Å². The van der Waals surface area contributed by atoms with Crippen molar-refractivity contribution in [1.82, 2.24) is 5.32 Å². The number of ether oxygens (including phenoxy) is 1. The summed E-state index contributed by atoms with van der Waals surface area (Å²) in [6.45, 7) is 11.8. The van der Waals surface area contributed by atoms with Crippen molar-refractivity contribution in [1.29, 1.82) is 0 Å². The van der Waals surface area contributed by atoms with Crippen molar-refractivity contribution in [3.8, 4) is 0 Å². The van der Waals surface area contributed by atoms with Crippen molar-refractivity contribution in [2.45, 2.75) is 56.9 Å². The van der Waals surface area contributed by atoms with Crippen LogP contribution in [0.4, 0.5) is 0 Å². The highest BCUT2D eigenvalue weighted by Gasteiger charge is 2.25. The summed E-state index contributed by atoms with van der Waals surface area (Å²) in [4.78, 5) is 1.41. The van der Waals surface area contributed by atoms with Gasteiger partial charge >= 0.3 is 0 Å². The molecule has 0 radical (unpaired) electrons. The Hall–Kier alpha value is -0.510. The van der Waals surface area contributed by atoms with Gasteiger partial charge in [0.2, 0.25) is 0 Å². The van der Waals surface area contributed by atoms with Crippen LogP contribution in [0.3, 0.4) is 0 Å². The summed E-state index contributed by atoms with van der Waals surface area (Å²) in [5, 5.41) is 4.16. The predicted octanol–water partition coefficient (Wildman–Crippen LogP) is 4.01. The maximum Gasteiger partial charge on any atom is 0.0669 e. The lowest BCUT2D eigenvalue weighted by atomic mass is 10.1. The predicted molar refractivity (Wildman–Crippen MR) is 87.4 cm³/mol. The molecule has 1 aromatic rings. The second-order valence-corrected chi connectivity index (χ2v) is 7.44. The molecule has 0 aromatic heterocycles. The Morgan fingerprint density at radius 2 is 2.20 bits per heavy atom. The van der Waals surface area contributed by atoms with Crippen LogP contribution in [0.2, 0.25) is 0 Å². The van der Waals surface area contributed by atoms with Gasteiger partial charge in [-0.3, -0.25) is 0 Å². The maximum atomic E-state index is 5.68. The van der Waals surface area contributed by atoms with E-state index in [0.717, 1.165) is 19.7 Å². The fourth-order valence-electron chi connectivity index (χ4n) is 2.49. The largest absolute Gasteiger partial charge is 0.377 e. The molecule has 20 heavy (non-hydrogen) atoms. The molecule has 1 heterocycles. The van der Waals surface area contributed by atoms with E-state index in [0.29, 0.717) is 17.3 Å². The lowest BCUT2D eigenvalue weighted by Gasteiger charge is -2.17. The van der Waals surface area contributed by atoms with Gasteiger partial charge in [0.25, 0.3) is 0 Å². The summed E-state index contributed by atoms with van der Waals surface area (Å²) >= 11 is 1.99. The van der Waals surface area contributed by atoms with Crippen LogP contribution in [-0.4, -0.2) is 24.5 Å². The minimum Gasteiger partial charge on any atom is -0.377 e. The molecule has 0 aliphatic carbocycles. The normalized spacial score (nSPS) is 22.6. The minimum atomic E-state index is 0.373. The number of hydrogen-bond donors (Lipinski definition) is 1. The summed E-state index contributed by atoms with van der Waals surface area (Å²) < 4.78 is 5.68. The van der Waals surface area contributed by atoms with Gasteiger partial charge < -0.3 is 10.1 Å². The first kappa shape index (κ1) is 15.9. The van der Waals surface area contributed by atoms with Crippen molar-refractivity contribution >= 4 is 11.8 Å². The molecule has 0 bridgehead atoms. The number of benzene rings is 1. The van der Waals surface area contributed by atoms with Gasteiger partial charge in [0.1, 0.15) is 0 Å². The van der Waals surface area contributed by atoms with Crippen LogP contribution in [0.15, 0.2) is 23.1 Å². The van der Waals surface area contributed by atoms with E-state index in [2.05, 4.69) is 51.2 Å². The van der Waals surface area contributed by atoms with Crippen molar-refractivity contribution in [3.05, 3.63) is 29.3 Å². The summed E-state index contributed by atoms with van der Waals surface area (Å²) in [6.07, 6.45) is 1.54. The lowest BCUT2D eigenvalue weighted by Crippen LogP contribution is -2.20. The summed E-state index contributed by atoms with van der Waals surface area (Å²) in [5.74, 6) is 0.694. The highest BCUT2D eigenvalue weighted by molar-refractivity contribution is 8.00. The van der Waals surface area contributed by atoms with Gasteiger partial charge in [-0.15, -0.1) is 11.8 Å². The number of nitrogens with one attached hydrogen (secondary N) is 1. The molecule has 3 heteroatoms. The van der Waals surface area contributed by atoms with Gasteiger partial charge in [-0.1, -0.05) is 31.5 Å². The van der Waals surface area contributed by atoms with E-state index in [1.54, 1.807) is 0 Å². The van der Waals surface area contributed by atoms with Crippen LogP contribution < -0.4 is 5.32 Å². The fraction of sp³-hybridized carbons (Fsp3) is 0.647. The minimum absolute atomic E-state index is 0.373. The Kier molecular flexibility index (Phi) is 5.94. The summed E-state index contributed by atoms with van der Waals surface area (Å²) in [7, 11) is 0. The van der Waals surface area contributed by atoms with Gasteiger partial charge in [0, 0.05) is 23.3 Å². The first-order chi connectivity index (χ1) is 9.56. The van der Waals surface area contributed by atoms with Gasteiger partial charge in [-0.05, 0) is 44.4 Å². The molecule has 1 aliphatic rings. The third kappa shape index (κ3) is 4.51. The van der Waals surface area contributed by atoms with Crippen LogP contribution in [0.25, 0.3) is 0 Å². The Balaban J connectivity index is 2.03. The average molecular weight is 293 g/mol. The SMILES string of the molecule is Cc1ccc(SC2CCOC2C)c(CNCC(C)C)c1. The van der Waals surface area contributed by atoms with Crippen LogP contribution in [0, 0.1) is 12.8 Å². The topological polar surface area (TPSA) is 21.3 Å². The highest BCUT2D eigenvalue weighted by Crippen LogP contribution is 2.34. The fourth-order valence-corrected chi connectivity index (χ4v) is 3.73. The van der Waals surface area contributed by atoms with E-state index < -0.39 is 0 Å². The molecule has 1 aromatic carbocycles. The average Bonchev–Trinajstić information content (AvgIpc) is 2.78. The molecule has 1 saturated heterocycles. The Bertz CT molecular complexity index is 433. The van der Waals surface area contributed by atoms with E-state index in [1.807, 2.05) is 11.8 Å². The quantitative estimate of drug-likeness (QED) is 0.856. The Morgan fingerprint density at radius 3 is 2.85 bits per heavy atom. The van der Waals surface area contributed by atoms with Crippen LogP contribution in [0.1, 0.15) is 38.3 Å². The van der Waals surface area contributed by atoms with E-state index in [4.69, 9.17) is 4.74 Å². The van der Waals surface area contributed by atoms with Crippen LogP contribution in [-0.2, 0) is 11.3 Å². The zero-order valence-electron chi connectivity index (χ0n) is 13.1. The van der Waals surface area contributed by atoms with Gasteiger partial charge in [0.15, 0.2) is 0 Å². The molecule has 0 amide bonds. The molecule has 1 aliphatic heterocycles. The maximum absolute atomic E-state index is 5.68. The smallest absolute Gasteiger partial charge is 0.0669 e. The molecule has 0 saturated carbocycles. The van der Waals surface area contributed by atoms with Gasteiger partial charge in [-0.25, -0.2) is 0 Å². The van der Waals surface area contributed by atoms with E-state index in [-0.39, 0.29) is 0 Å². The third-order valence-electron chi connectivity index (χ3n) is 3.67. The van der Waals surface area contributed by atoms with Crippen LogP contribution >= 0.6 is 11.8 Å². The summed E-state index contributed by atoms with van der Waals surface area (Å²) in [6, 6.07) is 6.81. The first-order valence-corrected chi connectivity index (χ1v) is 8.52. The van der Waals surface area contributed by atoms with Gasteiger partial charge in [0.05, 0.1) is 6.10 Å². The monoisotopic (exact) mass is 293 g/mol. The second kappa shape index (κ2) is 7.48. The standard InChI is InChI=1S/C17H27NOS/c1-12(2)10-18-11-15-9-13(3)5-6-17(15)20-16-7-8-19-14(16)4/h5-6,9,12,14,16,18H,7-8,10-11H2,1-4H3. The Labute approximate surface area is 127 Å². The van der Waals surface area contributed by atoms with E-state index >= 15 is 0 Å².